The minimum absolute atomic E-state index is 0.136. The Balaban J connectivity index is 1.59. The lowest BCUT2D eigenvalue weighted by molar-refractivity contribution is -0.115. The molecule has 0 spiro atoms. The van der Waals surface area contributed by atoms with E-state index in [2.05, 4.69) is 24.1 Å². The van der Waals surface area contributed by atoms with E-state index in [0.29, 0.717) is 16.6 Å². The molecule has 0 bridgehead atoms. The normalized spacial score (nSPS) is 14.2. The Bertz CT molecular complexity index is 1080. The van der Waals surface area contributed by atoms with E-state index in [1.807, 2.05) is 42.5 Å². The molecule has 3 N–H and O–H groups in total. The minimum atomic E-state index is -0.471. The zero-order valence-electron chi connectivity index (χ0n) is 16.7. The Hall–Kier alpha value is -2.70. The van der Waals surface area contributed by atoms with Crippen LogP contribution in [0.2, 0.25) is 0 Å². The Labute approximate surface area is 174 Å². The number of anilines is 1. The second-order valence-electron chi connectivity index (χ2n) is 7.75. The fourth-order valence-electron chi connectivity index (χ4n) is 4.00. The van der Waals surface area contributed by atoms with Gasteiger partial charge in [0.15, 0.2) is 0 Å². The van der Waals surface area contributed by atoms with Crippen molar-refractivity contribution in [1.29, 1.82) is 0 Å². The van der Waals surface area contributed by atoms with Crippen LogP contribution in [0, 0.1) is 0 Å². The highest BCUT2D eigenvalue weighted by Crippen LogP contribution is 2.37. The van der Waals surface area contributed by atoms with Crippen LogP contribution in [0.3, 0.4) is 0 Å². The summed E-state index contributed by atoms with van der Waals surface area (Å²) in [5.74, 6) is -0.607. The van der Waals surface area contributed by atoms with Crippen LogP contribution in [0.15, 0.2) is 42.5 Å². The molecule has 4 rings (SSSR count). The topological polar surface area (TPSA) is 75.4 Å². The molecule has 3 aromatic rings. The molecular weight excluding hydrogens is 382 g/mol. The van der Waals surface area contributed by atoms with Gasteiger partial charge in [-0.3, -0.25) is 14.5 Å². The second-order valence-corrected chi connectivity index (χ2v) is 8.85. The largest absolute Gasteiger partial charge is 0.365 e. The summed E-state index contributed by atoms with van der Waals surface area (Å²) in [6.45, 7) is 6.02. The van der Waals surface area contributed by atoms with E-state index in [1.165, 1.54) is 11.3 Å². The van der Waals surface area contributed by atoms with Gasteiger partial charge in [0, 0.05) is 24.0 Å². The van der Waals surface area contributed by atoms with Crippen molar-refractivity contribution in [2.45, 2.75) is 39.3 Å². The van der Waals surface area contributed by atoms with Gasteiger partial charge in [0.1, 0.15) is 5.00 Å². The summed E-state index contributed by atoms with van der Waals surface area (Å²) in [5.41, 5.74) is 8.13. The van der Waals surface area contributed by atoms with Gasteiger partial charge >= 0.3 is 0 Å². The van der Waals surface area contributed by atoms with Gasteiger partial charge in [-0.05, 0) is 42.2 Å². The first kappa shape index (κ1) is 19.6. The summed E-state index contributed by atoms with van der Waals surface area (Å²) in [4.78, 5) is 28.5. The third kappa shape index (κ3) is 3.91. The zero-order chi connectivity index (χ0) is 20.5. The molecule has 0 saturated carbocycles. The first-order valence-corrected chi connectivity index (χ1v) is 10.7. The molecule has 5 nitrogen and oxygen atoms in total. The number of benzene rings is 2. The number of carbonyl (C=O) groups excluding carboxylic acids is 2. The van der Waals surface area contributed by atoms with Crippen LogP contribution in [-0.2, 0) is 24.2 Å². The van der Waals surface area contributed by atoms with Crippen LogP contribution in [-0.4, -0.2) is 29.3 Å². The van der Waals surface area contributed by atoms with Gasteiger partial charge in [0.25, 0.3) is 5.91 Å². The van der Waals surface area contributed by atoms with Crippen molar-refractivity contribution >= 4 is 38.9 Å². The highest BCUT2D eigenvalue weighted by molar-refractivity contribution is 7.17. The molecule has 2 amide bonds. The predicted octanol–water partition coefficient (Wildman–Crippen LogP) is 3.95. The molecule has 2 aromatic carbocycles. The molecule has 1 aliphatic heterocycles. The monoisotopic (exact) mass is 407 g/mol. The van der Waals surface area contributed by atoms with Gasteiger partial charge in [-0.2, -0.15) is 0 Å². The van der Waals surface area contributed by atoms with Gasteiger partial charge in [0.05, 0.1) is 12.0 Å². The van der Waals surface area contributed by atoms with Crippen molar-refractivity contribution < 1.29 is 9.59 Å². The molecule has 0 atom stereocenters. The number of fused-ring (bicyclic) bond motifs is 2. The fourth-order valence-corrected chi connectivity index (χ4v) is 5.30. The molecule has 6 heteroatoms. The van der Waals surface area contributed by atoms with Crippen molar-refractivity contribution in [3.8, 4) is 0 Å². The van der Waals surface area contributed by atoms with Crippen molar-refractivity contribution in [3.63, 3.8) is 0 Å². The number of thiophene rings is 1. The van der Waals surface area contributed by atoms with Crippen molar-refractivity contribution in [1.82, 2.24) is 4.90 Å². The number of hydrogen-bond acceptors (Lipinski definition) is 4. The van der Waals surface area contributed by atoms with E-state index in [-0.39, 0.29) is 12.3 Å². The lowest BCUT2D eigenvalue weighted by Gasteiger charge is -2.30. The number of nitrogens with zero attached hydrogens (tertiary/aromatic N) is 1. The number of nitrogens with one attached hydrogen (secondary N) is 1. The number of rotatable bonds is 5. The fraction of sp³-hybridized carbons (Fsp3) is 0.304. The van der Waals surface area contributed by atoms with Gasteiger partial charge in [-0.25, -0.2) is 0 Å². The van der Waals surface area contributed by atoms with E-state index in [0.717, 1.165) is 46.3 Å². The Morgan fingerprint density at radius 3 is 2.69 bits per heavy atom. The molecule has 2 heterocycles. The second kappa shape index (κ2) is 7.97. The first-order chi connectivity index (χ1) is 13.9. The van der Waals surface area contributed by atoms with Crippen LogP contribution in [0.4, 0.5) is 5.00 Å². The highest BCUT2D eigenvalue weighted by atomic mass is 32.1. The number of nitrogens with two attached hydrogens (primary N) is 1. The molecule has 1 aromatic heterocycles. The van der Waals surface area contributed by atoms with Gasteiger partial charge in [0.2, 0.25) is 5.91 Å². The predicted molar refractivity (Wildman–Crippen MR) is 118 cm³/mol. The summed E-state index contributed by atoms with van der Waals surface area (Å²) < 4.78 is 0. The summed E-state index contributed by atoms with van der Waals surface area (Å²) >= 11 is 1.48. The molecule has 0 saturated heterocycles. The smallest absolute Gasteiger partial charge is 0.251 e. The maximum Gasteiger partial charge on any atom is 0.251 e. The van der Waals surface area contributed by atoms with E-state index < -0.39 is 5.91 Å². The molecule has 29 heavy (non-hydrogen) atoms. The first-order valence-electron chi connectivity index (χ1n) is 9.89. The molecule has 0 unspecified atom stereocenters. The average molecular weight is 408 g/mol. The summed E-state index contributed by atoms with van der Waals surface area (Å²) in [7, 11) is 0. The van der Waals surface area contributed by atoms with E-state index >= 15 is 0 Å². The maximum atomic E-state index is 12.8. The molecule has 1 aliphatic rings. The molecule has 0 radical (unpaired) electrons. The van der Waals surface area contributed by atoms with Gasteiger partial charge in [-0.1, -0.05) is 42.5 Å². The summed E-state index contributed by atoms with van der Waals surface area (Å²) in [5, 5.41) is 5.72. The molecule has 0 fully saturated rings. The van der Waals surface area contributed by atoms with Crippen LogP contribution in [0.25, 0.3) is 10.8 Å². The van der Waals surface area contributed by atoms with Gasteiger partial charge in [-0.15, -0.1) is 11.3 Å². The highest BCUT2D eigenvalue weighted by Gasteiger charge is 2.28. The van der Waals surface area contributed by atoms with Crippen molar-refractivity contribution in [2.75, 3.05) is 11.9 Å². The number of amides is 2. The standard InChI is InChI=1S/C23H25N3O2S/c1-14(2)26-11-10-18-19(13-26)29-23(21(18)22(24)28)25-20(27)12-16-8-5-7-15-6-3-4-9-17(15)16/h3-9,14H,10-13H2,1-2H3,(H2,24,28)(H,25,27). The van der Waals surface area contributed by atoms with Gasteiger partial charge < -0.3 is 11.1 Å². The quantitative estimate of drug-likeness (QED) is 0.672. The lowest BCUT2D eigenvalue weighted by Crippen LogP contribution is -2.35. The Morgan fingerprint density at radius 2 is 1.93 bits per heavy atom. The molecule has 0 aliphatic carbocycles. The lowest BCUT2D eigenvalue weighted by atomic mass is 10.0. The third-order valence-corrected chi connectivity index (χ3v) is 6.68. The van der Waals surface area contributed by atoms with Crippen LogP contribution < -0.4 is 11.1 Å². The average Bonchev–Trinajstić information content (AvgIpc) is 3.05. The summed E-state index contributed by atoms with van der Waals surface area (Å²) in [6, 6.07) is 14.4. The number of hydrogen-bond donors (Lipinski definition) is 2. The Morgan fingerprint density at radius 1 is 1.17 bits per heavy atom. The minimum Gasteiger partial charge on any atom is -0.365 e. The van der Waals surface area contributed by atoms with E-state index in [4.69, 9.17) is 5.73 Å². The summed E-state index contributed by atoms with van der Waals surface area (Å²) in [6.07, 6.45) is 1.03. The third-order valence-electron chi connectivity index (χ3n) is 5.55. The SMILES string of the molecule is CC(C)N1CCc2c(sc(NC(=O)Cc3cccc4ccccc34)c2C(N)=O)C1. The zero-order valence-corrected chi connectivity index (χ0v) is 17.5. The molecular formula is C23H25N3O2S. The Kier molecular flexibility index (Phi) is 5.39. The van der Waals surface area contributed by atoms with E-state index in [9.17, 15) is 9.59 Å². The van der Waals surface area contributed by atoms with Crippen molar-refractivity contribution in [3.05, 3.63) is 64.0 Å². The van der Waals surface area contributed by atoms with Crippen LogP contribution in [0.5, 0.6) is 0 Å². The van der Waals surface area contributed by atoms with Crippen LogP contribution >= 0.6 is 11.3 Å². The van der Waals surface area contributed by atoms with Crippen LogP contribution in [0.1, 0.15) is 40.2 Å². The van der Waals surface area contributed by atoms with E-state index in [1.54, 1.807) is 0 Å². The maximum absolute atomic E-state index is 12.8. The van der Waals surface area contributed by atoms with Crippen molar-refractivity contribution in [2.24, 2.45) is 5.73 Å². The molecule has 150 valence electrons. The number of primary amides is 1. The number of carbonyl (C=O) groups is 2.